The van der Waals surface area contributed by atoms with Gasteiger partial charge in [0.25, 0.3) is 0 Å². The standard InChI is InChI=1S/C45H74N2O4/c1-30(2)32-14-21-44(22-18-36(49)47-26-12-11-13-27-47)25-24-43(10)42(9)20-15-33-40(6,7)35(51-37(50)29-39(4,5)28-31(3)48)17-19-41(33,8)34(42)16-23-45(43,46)38(32)44/h32-35,38,48H,1,3,11-29,46H2,2,4-10H3/t32-,33-,34+,35?,38-,41?,42?,43-,44-,45?/m0/s1. The molecule has 10 atom stereocenters. The average molecular weight is 707 g/mol. The summed E-state index contributed by atoms with van der Waals surface area (Å²) in [6, 6.07) is 0. The highest BCUT2D eigenvalue weighted by Gasteiger charge is 2.75. The van der Waals surface area contributed by atoms with Gasteiger partial charge in [-0.15, -0.1) is 0 Å². The van der Waals surface area contributed by atoms with E-state index in [1.165, 1.54) is 24.8 Å². The number of rotatable bonds is 9. The lowest BCUT2D eigenvalue weighted by atomic mass is 9.30. The second-order valence-electron chi connectivity index (χ2n) is 21.2. The molecule has 1 aliphatic heterocycles. The number of nitrogens with zero attached hydrogens (tertiary/aromatic N) is 1. The van der Waals surface area contributed by atoms with E-state index in [0.717, 1.165) is 83.7 Å². The average Bonchev–Trinajstić information content (AvgIpc) is 3.43. The molecule has 0 radical (unpaired) electrons. The van der Waals surface area contributed by atoms with E-state index in [1.54, 1.807) is 0 Å². The van der Waals surface area contributed by atoms with Crippen molar-refractivity contribution < 1.29 is 19.4 Å². The van der Waals surface area contributed by atoms with Crippen LogP contribution >= 0.6 is 0 Å². The lowest BCUT2D eigenvalue weighted by Crippen LogP contribution is -2.76. The molecule has 1 heterocycles. The molecule has 5 aliphatic carbocycles. The van der Waals surface area contributed by atoms with Crippen molar-refractivity contribution in [1.29, 1.82) is 0 Å². The molecule has 51 heavy (non-hydrogen) atoms. The summed E-state index contributed by atoms with van der Waals surface area (Å²) in [6.45, 7) is 28.9. The van der Waals surface area contributed by atoms with Gasteiger partial charge in [-0.3, -0.25) is 9.59 Å². The third kappa shape index (κ3) is 6.16. The first-order chi connectivity index (χ1) is 23.7. The number of amides is 1. The fraction of sp³-hybridized carbons (Fsp3) is 0.867. The van der Waals surface area contributed by atoms with Crippen molar-refractivity contribution in [3.05, 3.63) is 24.5 Å². The van der Waals surface area contributed by atoms with E-state index in [0.29, 0.717) is 42.4 Å². The molecule has 6 aliphatic rings. The Morgan fingerprint density at radius 1 is 0.863 bits per heavy atom. The number of piperidine rings is 1. The molecule has 6 nitrogen and oxygen atoms in total. The Bertz CT molecular complexity index is 1400. The van der Waals surface area contributed by atoms with Crippen LogP contribution in [0, 0.1) is 56.2 Å². The van der Waals surface area contributed by atoms with Crippen molar-refractivity contribution in [1.82, 2.24) is 4.90 Å². The number of carbonyl (C=O) groups excluding carboxylic acids is 2. The molecule has 4 unspecified atom stereocenters. The number of allylic oxidation sites excluding steroid dienone is 2. The van der Waals surface area contributed by atoms with Crippen LogP contribution in [0.1, 0.15) is 165 Å². The number of hydrogen-bond donors (Lipinski definition) is 2. The number of likely N-dealkylation sites (tertiary alicyclic amines) is 1. The number of nitrogens with two attached hydrogens (primary N) is 1. The van der Waals surface area contributed by atoms with Crippen LogP contribution in [0.3, 0.4) is 0 Å². The molecule has 5 saturated carbocycles. The lowest BCUT2D eigenvalue weighted by molar-refractivity contribution is -0.256. The number of aliphatic hydroxyl groups excluding tert-OH is 1. The number of aliphatic hydroxyl groups is 1. The quantitative estimate of drug-likeness (QED) is 0.141. The van der Waals surface area contributed by atoms with Gasteiger partial charge in [-0.2, -0.15) is 0 Å². The van der Waals surface area contributed by atoms with E-state index in [-0.39, 0.29) is 56.9 Å². The molecule has 1 amide bonds. The van der Waals surface area contributed by atoms with Gasteiger partial charge in [-0.1, -0.05) is 67.2 Å². The van der Waals surface area contributed by atoms with Crippen LogP contribution in [0.15, 0.2) is 24.5 Å². The number of hydrogen-bond acceptors (Lipinski definition) is 5. The predicted octanol–water partition coefficient (Wildman–Crippen LogP) is 10.3. The first-order valence-electron chi connectivity index (χ1n) is 20.9. The summed E-state index contributed by atoms with van der Waals surface area (Å²) in [4.78, 5) is 29.0. The van der Waals surface area contributed by atoms with Crippen LogP contribution in [0.25, 0.3) is 0 Å². The molecule has 0 aromatic heterocycles. The van der Waals surface area contributed by atoms with Crippen molar-refractivity contribution in [2.24, 2.45) is 61.9 Å². The summed E-state index contributed by atoms with van der Waals surface area (Å²) in [6.07, 6.45) is 16.9. The zero-order valence-corrected chi connectivity index (χ0v) is 33.9. The Labute approximate surface area is 311 Å². The second-order valence-corrected chi connectivity index (χ2v) is 21.2. The van der Waals surface area contributed by atoms with E-state index in [2.05, 4.69) is 59.6 Å². The number of carbonyl (C=O) groups is 2. The highest BCUT2D eigenvalue weighted by Crippen LogP contribution is 2.78. The zero-order valence-electron chi connectivity index (χ0n) is 33.9. The molecular weight excluding hydrogens is 633 g/mol. The Hall–Kier alpha value is -1.82. The zero-order chi connectivity index (χ0) is 37.4. The van der Waals surface area contributed by atoms with Crippen LogP contribution in [0.4, 0.5) is 0 Å². The van der Waals surface area contributed by atoms with Crippen molar-refractivity contribution >= 4 is 11.9 Å². The molecule has 1 saturated heterocycles. The second kappa shape index (κ2) is 13.2. The highest BCUT2D eigenvalue weighted by atomic mass is 16.5. The molecule has 0 bridgehead atoms. The van der Waals surface area contributed by atoms with Gasteiger partial charge in [-0.25, -0.2) is 0 Å². The van der Waals surface area contributed by atoms with Crippen LogP contribution in [0.2, 0.25) is 0 Å². The summed E-state index contributed by atoms with van der Waals surface area (Å²) >= 11 is 0. The molecule has 3 N–H and O–H groups in total. The van der Waals surface area contributed by atoms with Crippen molar-refractivity contribution in [2.45, 2.75) is 176 Å². The highest BCUT2D eigenvalue weighted by molar-refractivity contribution is 5.76. The molecule has 0 spiro atoms. The van der Waals surface area contributed by atoms with Gasteiger partial charge in [0, 0.05) is 36.9 Å². The summed E-state index contributed by atoms with van der Waals surface area (Å²) in [5.41, 5.74) is 9.00. The SMILES string of the molecule is C=C(O)CC(C)(C)CC(=O)OC1CCC2(C)[C@H]3CCC4(N)[C@H]5[C@H](C(=C)C)CC[C@]5(CCC(=O)N5CCCCC5)CC[C@@]4(C)C3(C)CC[C@H]2C1(C)C. The normalized spacial score (nSPS) is 43.2. The lowest BCUT2D eigenvalue weighted by Gasteiger charge is -2.75. The van der Waals surface area contributed by atoms with Gasteiger partial charge in [0.1, 0.15) is 6.10 Å². The Morgan fingerprint density at radius 2 is 1.53 bits per heavy atom. The largest absolute Gasteiger partial charge is 0.513 e. The van der Waals surface area contributed by atoms with Gasteiger partial charge in [0.2, 0.25) is 5.91 Å². The van der Waals surface area contributed by atoms with Gasteiger partial charge in [0.05, 0.1) is 12.2 Å². The topological polar surface area (TPSA) is 92.9 Å². The van der Waals surface area contributed by atoms with E-state index in [4.69, 9.17) is 10.5 Å². The van der Waals surface area contributed by atoms with Gasteiger partial charge < -0.3 is 20.5 Å². The summed E-state index contributed by atoms with van der Waals surface area (Å²) in [5, 5.41) is 9.80. The maximum absolute atomic E-state index is 13.5. The van der Waals surface area contributed by atoms with Crippen LogP contribution in [0.5, 0.6) is 0 Å². The van der Waals surface area contributed by atoms with Crippen LogP contribution < -0.4 is 5.73 Å². The molecule has 6 fully saturated rings. The number of ether oxygens (including phenoxy) is 1. The van der Waals surface area contributed by atoms with E-state index in [1.807, 2.05) is 13.8 Å². The minimum Gasteiger partial charge on any atom is -0.513 e. The van der Waals surface area contributed by atoms with Gasteiger partial charge in [0.15, 0.2) is 0 Å². The van der Waals surface area contributed by atoms with E-state index >= 15 is 0 Å². The Morgan fingerprint density at radius 3 is 2.18 bits per heavy atom. The third-order valence-electron chi connectivity index (χ3n) is 17.6. The van der Waals surface area contributed by atoms with Crippen molar-refractivity contribution in [3.63, 3.8) is 0 Å². The van der Waals surface area contributed by atoms with Gasteiger partial charge >= 0.3 is 5.97 Å². The summed E-state index contributed by atoms with van der Waals surface area (Å²) in [5.74, 6) is 2.15. The number of esters is 1. The molecule has 0 aromatic carbocycles. The van der Waals surface area contributed by atoms with E-state index in [9.17, 15) is 14.7 Å². The maximum atomic E-state index is 13.5. The summed E-state index contributed by atoms with van der Waals surface area (Å²) in [7, 11) is 0. The van der Waals surface area contributed by atoms with Crippen molar-refractivity contribution in [2.75, 3.05) is 13.1 Å². The predicted molar refractivity (Wildman–Crippen MR) is 207 cm³/mol. The summed E-state index contributed by atoms with van der Waals surface area (Å²) < 4.78 is 6.37. The minimum atomic E-state index is -0.391. The van der Waals surface area contributed by atoms with Crippen LogP contribution in [-0.4, -0.2) is 46.6 Å². The van der Waals surface area contributed by atoms with Crippen LogP contribution in [-0.2, 0) is 14.3 Å². The molecular formula is C45H74N2O4. The van der Waals surface area contributed by atoms with E-state index < -0.39 is 5.41 Å². The Kier molecular flexibility index (Phi) is 10.1. The molecule has 288 valence electrons. The fourth-order valence-corrected chi connectivity index (χ4v) is 14.9. The van der Waals surface area contributed by atoms with Crippen molar-refractivity contribution in [3.8, 4) is 0 Å². The Balaban J connectivity index is 1.24. The minimum absolute atomic E-state index is 0.00423. The molecule has 0 aromatic rings. The monoisotopic (exact) mass is 707 g/mol. The maximum Gasteiger partial charge on any atom is 0.306 e. The smallest absolute Gasteiger partial charge is 0.306 e. The first-order valence-corrected chi connectivity index (χ1v) is 20.9. The number of fused-ring (bicyclic) bond motifs is 7. The third-order valence-corrected chi connectivity index (χ3v) is 17.6. The molecule has 6 rings (SSSR count). The molecule has 6 heteroatoms. The first kappa shape index (κ1) is 38.9. The fourth-order valence-electron chi connectivity index (χ4n) is 14.9. The van der Waals surface area contributed by atoms with Gasteiger partial charge in [-0.05, 0) is 148 Å².